The second kappa shape index (κ2) is 8.25. The smallest absolute Gasteiger partial charge is 0.264 e. The number of aryl methyl sites for hydroxylation is 2. The number of nitrogens with zero attached hydrogens (tertiary/aromatic N) is 5. The first-order valence-corrected chi connectivity index (χ1v) is 11.9. The molecule has 1 N–H and O–H groups in total. The van der Waals surface area contributed by atoms with Crippen molar-refractivity contribution in [2.24, 2.45) is 0 Å². The first-order chi connectivity index (χ1) is 14.4. The molecule has 0 spiro atoms. The molecule has 0 aromatic carbocycles. The van der Waals surface area contributed by atoms with E-state index in [1.165, 1.54) is 21.7 Å². The van der Waals surface area contributed by atoms with Gasteiger partial charge >= 0.3 is 0 Å². The average Bonchev–Trinajstić information content (AvgIpc) is 3.25. The standard InChI is InChI=1S/C19H22N6O3S2/c1-3-14-12-16(26)22-23-18(14)15-4-5-17(29-15)30(27,28)25-10-8-24(9-11-25)19-13(2)20-6-7-21-19/h4-7,12H,3,8-11H2,1-2H3,(H,22,26). The van der Waals surface area contributed by atoms with Gasteiger partial charge in [0.15, 0.2) is 0 Å². The lowest BCUT2D eigenvalue weighted by Gasteiger charge is -2.34. The normalized spacial score (nSPS) is 15.5. The predicted molar refractivity (Wildman–Crippen MR) is 115 cm³/mol. The quantitative estimate of drug-likeness (QED) is 0.634. The number of thiophene rings is 1. The molecule has 3 aromatic heterocycles. The largest absolute Gasteiger partial charge is 0.352 e. The maximum Gasteiger partial charge on any atom is 0.264 e. The molecule has 3 aromatic rings. The SMILES string of the molecule is CCc1cc(=O)[nH]nc1-c1ccc(S(=O)(=O)N2CCN(c3nccnc3C)CC2)s1. The van der Waals surface area contributed by atoms with Crippen molar-refractivity contribution >= 4 is 27.2 Å². The number of aromatic nitrogens is 4. The molecule has 0 amide bonds. The van der Waals surface area contributed by atoms with Crippen molar-refractivity contribution < 1.29 is 8.42 Å². The maximum atomic E-state index is 13.2. The predicted octanol–water partition coefficient (Wildman–Crippen LogP) is 1.67. The van der Waals surface area contributed by atoms with E-state index in [1.54, 1.807) is 24.5 Å². The third-order valence-electron chi connectivity index (χ3n) is 5.07. The van der Waals surface area contributed by atoms with Crippen LogP contribution in [0, 0.1) is 6.92 Å². The highest BCUT2D eigenvalue weighted by Gasteiger charge is 2.31. The van der Waals surface area contributed by atoms with E-state index in [9.17, 15) is 13.2 Å². The van der Waals surface area contributed by atoms with E-state index in [2.05, 4.69) is 25.1 Å². The summed E-state index contributed by atoms with van der Waals surface area (Å²) >= 11 is 1.17. The zero-order chi connectivity index (χ0) is 21.3. The molecule has 0 aliphatic carbocycles. The topological polar surface area (TPSA) is 112 Å². The average molecular weight is 447 g/mol. The molecule has 9 nitrogen and oxygen atoms in total. The first kappa shape index (κ1) is 20.6. The summed E-state index contributed by atoms with van der Waals surface area (Å²) < 4.78 is 28.1. The second-order valence-corrected chi connectivity index (χ2v) is 10.2. The van der Waals surface area contributed by atoms with Gasteiger partial charge in [0.25, 0.3) is 15.6 Å². The van der Waals surface area contributed by atoms with Crippen LogP contribution in [0.25, 0.3) is 10.6 Å². The highest BCUT2D eigenvalue weighted by molar-refractivity contribution is 7.91. The van der Waals surface area contributed by atoms with Crippen LogP contribution >= 0.6 is 11.3 Å². The summed E-state index contributed by atoms with van der Waals surface area (Å²) in [6.45, 7) is 5.69. The van der Waals surface area contributed by atoms with Crippen molar-refractivity contribution in [3.63, 3.8) is 0 Å². The lowest BCUT2D eigenvalue weighted by molar-refractivity contribution is 0.384. The zero-order valence-electron chi connectivity index (χ0n) is 16.7. The van der Waals surface area contributed by atoms with E-state index in [0.717, 1.165) is 22.0 Å². The van der Waals surface area contributed by atoms with Crippen LogP contribution in [-0.2, 0) is 16.4 Å². The molecule has 0 atom stereocenters. The molecule has 0 bridgehead atoms. The van der Waals surface area contributed by atoms with Crippen LogP contribution in [0.2, 0.25) is 0 Å². The molecule has 4 rings (SSSR count). The van der Waals surface area contributed by atoms with Crippen LogP contribution in [0.15, 0.2) is 39.6 Å². The molecule has 1 aliphatic rings. The molecule has 30 heavy (non-hydrogen) atoms. The van der Waals surface area contributed by atoms with Gasteiger partial charge in [0.05, 0.1) is 10.6 Å². The van der Waals surface area contributed by atoms with Gasteiger partial charge in [0.1, 0.15) is 15.7 Å². The van der Waals surface area contributed by atoms with Crippen LogP contribution in [0.5, 0.6) is 0 Å². The molecule has 0 radical (unpaired) electrons. The number of hydrogen-bond acceptors (Lipinski definition) is 8. The van der Waals surface area contributed by atoms with E-state index in [-0.39, 0.29) is 9.77 Å². The minimum atomic E-state index is -3.60. The van der Waals surface area contributed by atoms with E-state index in [0.29, 0.717) is 38.3 Å². The molecule has 0 saturated carbocycles. The van der Waals surface area contributed by atoms with Gasteiger partial charge in [0, 0.05) is 44.6 Å². The molecule has 1 fully saturated rings. The van der Waals surface area contributed by atoms with Gasteiger partial charge in [-0.25, -0.2) is 18.5 Å². The number of hydrogen-bond donors (Lipinski definition) is 1. The van der Waals surface area contributed by atoms with Gasteiger partial charge in [0.2, 0.25) is 0 Å². The fraction of sp³-hybridized carbons (Fsp3) is 0.368. The van der Waals surface area contributed by atoms with Crippen LogP contribution in [-0.4, -0.2) is 59.1 Å². The van der Waals surface area contributed by atoms with Crippen molar-refractivity contribution in [2.75, 3.05) is 31.1 Å². The van der Waals surface area contributed by atoms with Gasteiger partial charge < -0.3 is 4.90 Å². The summed E-state index contributed by atoms with van der Waals surface area (Å²) in [6, 6.07) is 4.86. The van der Waals surface area contributed by atoms with Crippen molar-refractivity contribution in [1.29, 1.82) is 0 Å². The van der Waals surface area contributed by atoms with E-state index >= 15 is 0 Å². The lowest BCUT2D eigenvalue weighted by atomic mass is 10.1. The van der Waals surface area contributed by atoms with E-state index in [1.807, 2.05) is 13.8 Å². The Morgan fingerprint density at radius 2 is 1.87 bits per heavy atom. The Bertz CT molecular complexity index is 1210. The van der Waals surface area contributed by atoms with Crippen molar-refractivity contribution in [3.8, 4) is 10.6 Å². The molecule has 1 aliphatic heterocycles. The zero-order valence-corrected chi connectivity index (χ0v) is 18.3. The number of sulfonamides is 1. The number of aromatic amines is 1. The summed E-state index contributed by atoms with van der Waals surface area (Å²) in [6.07, 6.45) is 3.93. The summed E-state index contributed by atoms with van der Waals surface area (Å²) in [5, 5.41) is 6.56. The Kier molecular flexibility index (Phi) is 5.67. The number of piperazine rings is 1. The fourth-order valence-corrected chi connectivity index (χ4v) is 6.40. The Morgan fingerprint density at radius 3 is 2.57 bits per heavy atom. The van der Waals surface area contributed by atoms with Crippen molar-refractivity contribution in [2.45, 2.75) is 24.5 Å². The fourth-order valence-electron chi connectivity index (χ4n) is 3.49. The van der Waals surface area contributed by atoms with E-state index in [4.69, 9.17) is 0 Å². The Balaban J connectivity index is 1.53. The molecule has 11 heteroatoms. The third kappa shape index (κ3) is 3.87. The number of rotatable bonds is 5. The molecule has 0 unspecified atom stereocenters. The summed E-state index contributed by atoms with van der Waals surface area (Å²) in [5.74, 6) is 0.796. The summed E-state index contributed by atoms with van der Waals surface area (Å²) in [5.41, 5.74) is 1.97. The van der Waals surface area contributed by atoms with Crippen LogP contribution in [0.3, 0.4) is 0 Å². The summed E-state index contributed by atoms with van der Waals surface area (Å²) in [7, 11) is -3.60. The Hall–Kier alpha value is -2.63. The highest BCUT2D eigenvalue weighted by Crippen LogP contribution is 2.33. The van der Waals surface area contributed by atoms with Crippen molar-refractivity contribution in [3.05, 3.63) is 52.2 Å². The molecular weight excluding hydrogens is 424 g/mol. The third-order valence-corrected chi connectivity index (χ3v) is 8.53. The van der Waals surface area contributed by atoms with Gasteiger partial charge in [-0.05, 0) is 31.0 Å². The van der Waals surface area contributed by atoms with E-state index < -0.39 is 10.0 Å². The molecule has 1 saturated heterocycles. The minimum absolute atomic E-state index is 0.267. The number of anilines is 1. The second-order valence-electron chi connectivity index (χ2n) is 6.93. The molecular formula is C19H22N6O3S2. The van der Waals surface area contributed by atoms with Gasteiger partial charge in [-0.3, -0.25) is 9.78 Å². The lowest BCUT2D eigenvalue weighted by Crippen LogP contribution is -2.49. The Labute approximate surface area is 178 Å². The van der Waals surface area contributed by atoms with Crippen LogP contribution < -0.4 is 10.5 Å². The number of H-pyrrole nitrogens is 1. The van der Waals surface area contributed by atoms with Gasteiger partial charge in [-0.2, -0.15) is 9.40 Å². The number of nitrogens with one attached hydrogen (secondary N) is 1. The van der Waals surface area contributed by atoms with Gasteiger partial charge in [-0.1, -0.05) is 6.92 Å². The first-order valence-electron chi connectivity index (χ1n) is 9.61. The van der Waals surface area contributed by atoms with Gasteiger partial charge in [-0.15, -0.1) is 11.3 Å². The van der Waals surface area contributed by atoms with Crippen LogP contribution in [0.1, 0.15) is 18.2 Å². The maximum absolute atomic E-state index is 13.2. The Morgan fingerprint density at radius 1 is 1.13 bits per heavy atom. The minimum Gasteiger partial charge on any atom is -0.352 e. The summed E-state index contributed by atoms with van der Waals surface area (Å²) in [4.78, 5) is 22.9. The van der Waals surface area contributed by atoms with Crippen molar-refractivity contribution in [1.82, 2.24) is 24.5 Å². The molecule has 158 valence electrons. The molecule has 4 heterocycles. The monoisotopic (exact) mass is 446 g/mol. The van der Waals surface area contributed by atoms with Crippen LogP contribution in [0.4, 0.5) is 5.82 Å². The highest BCUT2D eigenvalue weighted by atomic mass is 32.2.